The highest BCUT2D eigenvalue weighted by Crippen LogP contribution is 2.27. The lowest BCUT2D eigenvalue weighted by Gasteiger charge is -2.12. The zero-order valence-corrected chi connectivity index (χ0v) is 15.5. The molecule has 0 spiro atoms. The van der Waals surface area contributed by atoms with Gasteiger partial charge < -0.3 is 14.8 Å². The number of fused-ring (bicyclic) bond motifs is 1. The van der Waals surface area contributed by atoms with Crippen molar-refractivity contribution in [3.05, 3.63) is 42.2 Å². The Hall–Kier alpha value is -2.81. The predicted molar refractivity (Wildman–Crippen MR) is 97.5 cm³/mol. The van der Waals surface area contributed by atoms with E-state index in [4.69, 9.17) is 9.47 Å². The molecule has 2 heterocycles. The van der Waals surface area contributed by atoms with Crippen LogP contribution in [-0.4, -0.2) is 45.0 Å². The van der Waals surface area contributed by atoms with Crippen LogP contribution in [0.25, 0.3) is 5.78 Å². The van der Waals surface area contributed by atoms with Gasteiger partial charge in [-0.2, -0.15) is 4.98 Å². The average molecular weight is 373 g/mol. The number of nitrogens with one attached hydrogen (secondary N) is 1. The van der Waals surface area contributed by atoms with Crippen LogP contribution < -0.4 is 14.8 Å². The summed E-state index contributed by atoms with van der Waals surface area (Å²) in [5, 5.41) is 7.37. The first kappa shape index (κ1) is 18.0. The minimum Gasteiger partial charge on any atom is -0.493 e. The van der Waals surface area contributed by atoms with E-state index in [1.165, 1.54) is 11.8 Å². The molecule has 0 aliphatic rings. The molecule has 1 atom stereocenters. The standard InChI is InChI=1S/C17H19N5O3S/c1-11(26-17-20-16-18-7-4-8-22(16)21-17)15(23)19-10-12-5-6-13(24-2)14(9-12)25-3/h4-9,11H,10H2,1-3H3,(H,19,23). The van der Waals surface area contributed by atoms with Crippen molar-refractivity contribution in [1.29, 1.82) is 0 Å². The molecule has 1 unspecified atom stereocenters. The van der Waals surface area contributed by atoms with Gasteiger partial charge in [-0.05, 0) is 30.7 Å². The van der Waals surface area contributed by atoms with Crippen molar-refractivity contribution in [1.82, 2.24) is 24.9 Å². The van der Waals surface area contributed by atoms with Gasteiger partial charge in [-0.15, -0.1) is 5.10 Å². The van der Waals surface area contributed by atoms with Crippen LogP contribution in [-0.2, 0) is 11.3 Å². The third kappa shape index (κ3) is 4.05. The third-order valence-corrected chi connectivity index (χ3v) is 4.61. The van der Waals surface area contributed by atoms with E-state index in [0.717, 1.165) is 5.56 Å². The minimum absolute atomic E-state index is 0.100. The van der Waals surface area contributed by atoms with Gasteiger partial charge in [0.15, 0.2) is 11.5 Å². The van der Waals surface area contributed by atoms with Gasteiger partial charge in [-0.3, -0.25) is 4.79 Å². The van der Waals surface area contributed by atoms with E-state index in [9.17, 15) is 4.79 Å². The molecule has 1 amide bonds. The quantitative estimate of drug-likeness (QED) is 0.633. The second-order valence-electron chi connectivity index (χ2n) is 5.43. The van der Waals surface area contributed by atoms with Crippen molar-refractivity contribution >= 4 is 23.4 Å². The summed E-state index contributed by atoms with van der Waals surface area (Å²) in [5.41, 5.74) is 0.920. The molecule has 0 saturated heterocycles. The Bertz CT molecular complexity index is 881. The summed E-state index contributed by atoms with van der Waals surface area (Å²) >= 11 is 1.29. The van der Waals surface area contributed by atoms with Crippen molar-refractivity contribution in [3.8, 4) is 11.5 Å². The Morgan fingerprint density at radius 2 is 2.12 bits per heavy atom. The van der Waals surface area contributed by atoms with Crippen LogP contribution in [0.3, 0.4) is 0 Å². The van der Waals surface area contributed by atoms with Crippen molar-refractivity contribution < 1.29 is 14.3 Å². The van der Waals surface area contributed by atoms with Crippen molar-refractivity contribution in [2.24, 2.45) is 0 Å². The zero-order valence-electron chi connectivity index (χ0n) is 14.7. The van der Waals surface area contributed by atoms with Gasteiger partial charge in [0.05, 0.1) is 19.5 Å². The predicted octanol–water partition coefficient (Wildman–Crippen LogP) is 1.94. The molecule has 3 rings (SSSR count). The highest BCUT2D eigenvalue weighted by molar-refractivity contribution is 8.00. The van der Waals surface area contributed by atoms with Crippen molar-refractivity contribution in [3.63, 3.8) is 0 Å². The number of methoxy groups -OCH3 is 2. The Kier molecular flexibility index (Phi) is 5.57. The van der Waals surface area contributed by atoms with Gasteiger partial charge in [0.1, 0.15) is 0 Å². The van der Waals surface area contributed by atoms with E-state index >= 15 is 0 Å². The molecular formula is C17H19N5O3S. The number of carbonyl (C=O) groups excluding carboxylic acids is 1. The number of carbonyl (C=O) groups is 1. The summed E-state index contributed by atoms with van der Waals surface area (Å²) in [6, 6.07) is 7.31. The van der Waals surface area contributed by atoms with E-state index in [-0.39, 0.29) is 11.2 Å². The van der Waals surface area contributed by atoms with Gasteiger partial charge in [0.25, 0.3) is 5.78 Å². The first-order chi connectivity index (χ1) is 12.6. The van der Waals surface area contributed by atoms with E-state index in [0.29, 0.717) is 29.0 Å². The number of hydrogen-bond acceptors (Lipinski definition) is 7. The fourth-order valence-corrected chi connectivity index (χ4v) is 3.07. The molecule has 0 fully saturated rings. The van der Waals surface area contributed by atoms with E-state index in [1.54, 1.807) is 37.2 Å². The maximum Gasteiger partial charge on any atom is 0.253 e. The number of thioether (sulfide) groups is 1. The van der Waals surface area contributed by atoms with Crippen LogP contribution >= 0.6 is 11.8 Å². The lowest BCUT2D eigenvalue weighted by Crippen LogP contribution is -2.30. The molecule has 2 aromatic heterocycles. The molecule has 1 aromatic carbocycles. The van der Waals surface area contributed by atoms with Crippen LogP contribution in [0.2, 0.25) is 0 Å². The number of hydrogen-bond donors (Lipinski definition) is 1. The molecule has 1 N–H and O–H groups in total. The molecule has 26 heavy (non-hydrogen) atoms. The second-order valence-corrected chi connectivity index (χ2v) is 6.73. The minimum atomic E-state index is -0.340. The highest BCUT2D eigenvalue weighted by Gasteiger charge is 2.17. The van der Waals surface area contributed by atoms with Crippen LogP contribution in [0.15, 0.2) is 41.8 Å². The van der Waals surface area contributed by atoms with Crippen LogP contribution in [0, 0.1) is 0 Å². The maximum atomic E-state index is 12.3. The summed E-state index contributed by atoms with van der Waals surface area (Å²) in [7, 11) is 3.16. The maximum absolute atomic E-state index is 12.3. The Balaban J connectivity index is 1.59. The highest BCUT2D eigenvalue weighted by atomic mass is 32.2. The fourth-order valence-electron chi connectivity index (χ4n) is 2.30. The molecule has 8 nitrogen and oxygen atoms in total. The third-order valence-electron chi connectivity index (χ3n) is 3.66. The lowest BCUT2D eigenvalue weighted by atomic mass is 10.2. The Labute approximate surface area is 154 Å². The van der Waals surface area contributed by atoms with Gasteiger partial charge in [-0.25, -0.2) is 9.50 Å². The van der Waals surface area contributed by atoms with Gasteiger partial charge >= 0.3 is 0 Å². The molecule has 0 saturated carbocycles. The number of aromatic nitrogens is 4. The summed E-state index contributed by atoms with van der Waals surface area (Å²) in [5.74, 6) is 1.69. The molecule has 9 heteroatoms. The van der Waals surface area contributed by atoms with Gasteiger partial charge in [-0.1, -0.05) is 17.8 Å². The molecule has 0 aliphatic heterocycles. The number of ether oxygens (including phenoxy) is 2. The summed E-state index contributed by atoms with van der Waals surface area (Å²) in [6.07, 6.45) is 3.42. The Morgan fingerprint density at radius 1 is 1.31 bits per heavy atom. The normalized spacial score (nSPS) is 12.0. The van der Waals surface area contributed by atoms with Crippen molar-refractivity contribution in [2.75, 3.05) is 14.2 Å². The van der Waals surface area contributed by atoms with Gasteiger partial charge in [0.2, 0.25) is 11.1 Å². The molecule has 0 bridgehead atoms. The van der Waals surface area contributed by atoms with Crippen LogP contribution in [0.1, 0.15) is 12.5 Å². The van der Waals surface area contributed by atoms with Crippen LogP contribution in [0.5, 0.6) is 11.5 Å². The average Bonchev–Trinajstić information content (AvgIpc) is 3.07. The molecule has 3 aromatic rings. The van der Waals surface area contributed by atoms with Crippen molar-refractivity contribution in [2.45, 2.75) is 23.9 Å². The molecule has 136 valence electrons. The topological polar surface area (TPSA) is 90.6 Å². The van der Waals surface area contributed by atoms with E-state index in [1.807, 2.05) is 25.1 Å². The lowest BCUT2D eigenvalue weighted by molar-refractivity contribution is -0.120. The number of nitrogens with zero attached hydrogens (tertiary/aromatic N) is 4. The Morgan fingerprint density at radius 3 is 2.85 bits per heavy atom. The fraction of sp³-hybridized carbons (Fsp3) is 0.294. The first-order valence-electron chi connectivity index (χ1n) is 7.93. The number of benzene rings is 1. The van der Waals surface area contributed by atoms with Gasteiger partial charge in [0, 0.05) is 18.9 Å². The zero-order chi connectivity index (χ0) is 18.5. The smallest absolute Gasteiger partial charge is 0.253 e. The van der Waals surface area contributed by atoms with E-state index in [2.05, 4.69) is 20.4 Å². The molecular weight excluding hydrogens is 354 g/mol. The molecule has 0 aliphatic carbocycles. The second kappa shape index (κ2) is 8.05. The monoisotopic (exact) mass is 373 g/mol. The number of rotatable bonds is 7. The summed E-state index contributed by atoms with van der Waals surface area (Å²) in [6.45, 7) is 2.21. The first-order valence-corrected chi connectivity index (χ1v) is 8.81. The number of amides is 1. The summed E-state index contributed by atoms with van der Waals surface area (Å²) < 4.78 is 12.1. The summed E-state index contributed by atoms with van der Waals surface area (Å²) in [4.78, 5) is 20.7. The van der Waals surface area contributed by atoms with Crippen LogP contribution in [0.4, 0.5) is 0 Å². The van der Waals surface area contributed by atoms with E-state index < -0.39 is 0 Å². The largest absolute Gasteiger partial charge is 0.493 e. The SMILES string of the molecule is COc1ccc(CNC(=O)C(C)Sc2nc3ncccn3n2)cc1OC. The molecule has 0 radical (unpaired) electrons.